The van der Waals surface area contributed by atoms with Gasteiger partial charge >= 0.3 is 0 Å². The molecule has 2 fully saturated rings. The summed E-state index contributed by atoms with van der Waals surface area (Å²) in [6, 6.07) is 9.39. The Morgan fingerprint density at radius 1 is 1.15 bits per heavy atom. The van der Waals surface area contributed by atoms with Crippen molar-refractivity contribution in [3.8, 4) is 0 Å². The molecular weight excluding hydrogens is 244 g/mol. The summed E-state index contributed by atoms with van der Waals surface area (Å²) in [7, 11) is 0. The zero-order valence-corrected chi connectivity index (χ0v) is 12.8. The summed E-state index contributed by atoms with van der Waals surface area (Å²) < 4.78 is 0. The van der Waals surface area contributed by atoms with Crippen molar-refractivity contribution in [1.82, 2.24) is 10.2 Å². The van der Waals surface area contributed by atoms with Gasteiger partial charge in [-0.3, -0.25) is 4.90 Å². The van der Waals surface area contributed by atoms with Gasteiger partial charge in [-0.15, -0.1) is 0 Å². The topological polar surface area (TPSA) is 15.3 Å². The highest BCUT2D eigenvalue weighted by molar-refractivity contribution is 5.28. The van der Waals surface area contributed by atoms with E-state index in [4.69, 9.17) is 0 Å². The molecular formula is C18H28N2. The second kappa shape index (κ2) is 6.73. The van der Waals surface area contributed by atoms with Crippen LogP contribution in [0.3, 0.4) is 0 Å². The van der Waals surface area contributed by atoms with Gasteiger partial charge in [0.25, 0.3) is 0 Å². The zero-order chi connectivity index (χ0) is 13.8. The van der Waals surface area contributed by atoms with E-state index in [1.54, 1.807) is 5.56 Å². The van der Waals surface area contributed by atoms with Crippen molar-refractivity contribution >= 4 is 0 Å². The van der Waals surface area contributed by atoms with Gasteiger partial charge in [-0.25, -0.2) is 0 Å². The molecule has 1 saturated carbocycles. The SMILES string of the molecule is CCN(Cc1ccc(C2CC2)cc1)CC1CCCNC1. The van der Waals surface area contributed by atoms with Crippen LogP contribution in [0.2, 0.25) is 0 Å². The average Bonchev–Trinajstić information content (AvgIpc) is 3.33. The van der Waals surface area contributed by atoms with Gasteiger partial charge in [0.15, 0.2) is 0 Å². The van der Waals surface area contributed by atoms with Crippen molar-refractivity contribution in [2.24, 2.45) is 5.92 Å². The summed E-state index contributed by atoms with van der Waals surface area (Å²) in [5.41, 5.74) is 3.02. The summed E-state index contributed by atoms with van der Waals surface area (Å²) in [6.07, 6.45) is 5.53. The predicted molar refractivity (Wildman–Crippen MR) is 85.0 cm³/mol. The van der Waals surface area contributed by atoms with Crippen LogP contribution in [0.1, 0.15) is 49.7 Å². The van der Waals surface area contributed by atoms with Crippen molar-refractivity contribution in [3.05, 3.63) is 35.4 Å². The maximum Gasteiger partial charge on any atom is 0.0233 e. The summed E-state index contributed by atoms with van der Waals surface area (Å²) in [6.45, 7) is 8.21. The Balaban J connectivity index is 1.53. The van der Waals surface area contributed by atoms with Gasteiger partial charge in [0, 0.05) is 13.1 Å². The van der Waals surface area contributed by atoms with Crippen LogP contribution in [-0.4, -0.2) is 31.1 Å². The number of hydrogen-bond acceptors (Lipinski definition) is 2. The minimum atomic E-state index is 0.842. The standard InChI is InChI=1S/C18H28N2/c1-2-20(14-16-4-3-11-19-12-16)13-15-5-7-17(8-6-15)18-9-10-18/h5-8,16,18-19H,2-4,9-14H2,1H3. The minimum Gasteiger partial charge on any atom is -0.316 e. The summed E-state index contributed by atoms with van der Waals surface area (Å²) in [5.74, 6) is 1.72. The molecule has 1 saturated heterocycles. The second-order valence-corrected chi connectivity index (χ2v) is 6.56. The van der Waals surface area contributed by atoms with Gasteiger partial charge in [0.1, 0.15) is 0 Å². The zero-order valence-electron chi connectivity index (χ0n) is 12.8. The summed E-state index contributed by atoms with van der Waals surface area (Å²) in [4.78, 5) is 2.60. The fourth-order valence-corrected chi connectivity index (χ4v) is 3.32. The minimum absolute atomic E-state index is 0.842. The lowest BCUT2D eigenvalue weighted by Gasteiger charge is -2.29. The van der Waals surface area contributed by atoms with Gasteiger partial charge in [-0.1, -0.05) is 31.2 Å². The highest BCUT2D eigenvalue weighted by Crippen LogP contribution is 2.39. The van der Waals surface area contributed by atoms with E-state index in [9.17, 15) is 0 Å². The van der Waals surface area contributed by atoms with Gasteiger partial charge < -0.3 is 5.32 Å². The molecule has 0 spiro atoms. The third-order valence-electron chi connectivity index (χ3n) is 4.80. The summed E-state index contributed by atoms with van der Waals surface area (Å²) >= 11 is 0. The molecule has 1 N–H and O–H groups in total. The lowest BCUT2D eigenvalue weighted by molar-refractivity contribution is 0.209. The van der Waals surface area contributed by atoms with E-state index in [-0.39, 0.29) is 0 Å². The Kier molecular flexibility index (Phi) is 4.74. The number of nitrogens with zero attached hydrogens (tertiary/aromatic N) is 1. The third-order valence-corrected chi connectivity index (χ3v) is 4.80. The molecule has 1 aliphatic carbocycles. The number of benzene rings is 1. The van der Waals surface area contributed by atoms with Crippen LogP contribution < -0.4 is 5.32 Å². The van der Waals surface area contributed by atoms with E-state index in [2.05, 4.69) is 41.4 Å². The van der Waals surface area contributed by atoms with E-state index >= 15 is 0 Å². The van der Waals surface area contributed by atoms with Crippen molar-refractivity contribution in [2.75, 3.05) is 26.2 Å². The molecule has 2 aliphatic rings. The van der Waals surface area contributed by atoms with Crippen LogP contribution in [-0.2, 0) is 6.54 Å². The molecule has 0 amide bonds. The molecule has 1 atom stereocenters. The predicted octanol–water partition coefficient (Wildman–Crippen LogP) is 3.39. The van der Waals surface area contributed by atoms with E-state index in [1.165, 1.54) is 50.9 Å². The lowest BCUT2D eigenvalue weighted by Crippen LogP contribution is -2.38. The smallest absolute Gasteiger partial charge is 0.0233 e. The van der Waals surface area contributed by atoms with Crippen molar-refractivity contribution in [1.29, 1.82) is 0 Å². The number of rotatable bonds is 6. The van der Waals surface area contributed by atoms with E-state index in [1.807, 2.05) is 0 Å². The highest BCUT2D eigenvalue weighted by Gasteiger charge is 2.23. The van der Waals surface area contributed by atoms with Crippen molar-refractivity contribution in [3.63, 3.8) is 0 Å². The normalized spacial score (nSPS) is 23.2. The molecule has 1 heterocycles. The molecule has 0 radical (unpaired) electrons. The Hall–Kier alpha value is -0.860. The first-order valence-corrected chi connectivity index (χ1v) is 8.37. The van der Waals surface area contributed by atoms with Crippen LogP contribution in [0.4, 0.5) is 0 Å². The Morgan fingerprint density at radius 3 is 2.55 bits per heavy atom. The monoisotopic (exact) mass is 272 g/mol. The van der Waals surface area contributed by atoms with E-state index < -0.39 is 0 Å². The number of piperidine rings is 1. The first kappa shape index (κ1) is 14.1. The third kappa shape index (κ3) is 3.83. The van der Waals surface area contributed by atoms with Crippen molar-refractivity contribution in [2.45, 2.75) is 45.1 Å². The largest absolute Gasteiger partial charge is 0.316 e. The van der Waals surface area contributed by atoms with Gasteiger partial charge in [0.2, 0.25) is 0 Å². The lowest BCUT2D eigenvalue weighted by atomic mass is 9.98. The van der Waals surface area contributed by atoms with Crippen LogP contribution in [0.5, 0.6) is 0 Å². The molecule has 1 aliphatic heterocycles. The number of nitrogens with one attached hydrogen (secondary N) is 1. The Bertz CT molecular complexity index is 402. The molecule has 0 aromatic heterocycles. The quantitative estimate of drug-likeness (QED) is 0.854. The molecule has 1 aromatic rings. The van der Waals surface area contributed by atoms with Gasteiger partial charge in [0.05, 0.1) is 0 Å². The maximum absolute atomic E-state index is 3.53. The van der Waals surface area contributed by atoms with Crippen LogP contribution in [0.25, 0.3) is 0 Å². The molecule has 3 rings (SSSR count). The van der Waals surface area contributed by atoms with E-state index in [0.717, 1.165) is 24.9 Å². The second-order valence-electron chi connectivity index (χ2n) is 6.56. The van der Waals surface area contributed by atoms with Crippen LogP contribution in [0, 0.1) is 5.92 Å². The maximum atomic E-state index is 3.53. The van der Waals surface area contributed by atoms with Crippen LogP contribution >= 0.6 is 0 Å². The average molecular weight is 272 g/mol. The fourth-order valence-electron chi connectivity index (χ4n) is 3.32. The Labute approximate surface area is 123 Å². The van der Waals surface area contributed by atoms with Crippen molar-refractivity contribution < 1.29 is 0 Å². The Morgan fingerprint density at radius 2 is 1.95 bits per heavy atom. The fraction of sp³-hybridized carbons (Fsp3) is 0.667. The first-order chi connectivity index (χ1) is 9.85. The summed E-state index contributed by atoms with van der Waals surface area (Å²) in [5, 5.41) is 3.53. The molecule has 2 nitrogen and oxygen atoms in total. The molecule has 1 unspecified atom stereocenters. The molecule has 0 bridgehead atoms. The van der Waals surface area contributed by atoms with Crippen LogP contribution in [0.15, 0.2) is 24.3 Å². The first-order valence-electron chi connectivity index (χ1n) is 8.37. The number of hydrogen-bond donors (Lipinski definition) is 1. The molecule has 110 valence electrons. The highest BCUT2D eigenvalue weighted by atomic mass is 15.1. The molecule has 2 heteroatoms. The molecule has 20 heavy (non-hydrogen) atoms. The van der Waals surface area contributed by atoms with Gasteiger partial charge in [-0.05, 0) is 68.3 Å². The molecule has 1 aromatic carbocycles. The van der Waals surface area contributed by atoms with Gasteiger partial charge in [-0.2, -0.15) is 0 Å². The van der Waals surface area contributed by atoms with E-state index in [0.29, 0.717) is 0 Å².